The van der Waals surface area contributed by atoms with Gasteiger partial charge < -0.3 is 5.73 Å². The van der Waals surface area contributed by atoms with Crippen molar-refractivity contribution < 1.29 is 16.8 Å². The normalized spacial score (nSPS) is 13.3. The largest absolute Gasteiger partial charge is 0.398 e. The summed E-state index contributed by atoms with van der Waals surface area (Å²) in [6.07, 6.45) is 1.02. The van der Waals surface area contributed by atoms with Gasteiger partial charge in [-0.15, -0.1) is 0 Å². The zero-order valence-electron chi connectivity index (χ0n) is 12.5. The van der Waals surface area contributed by atoms with Gasteiger partial charge >= 0.3 is 0 Å². The molecule has 0 saturated carbocycles. The van der Waals surface area contributed by atoms with E-state index in [-0.39, 0.29) is 17.1 Å². The van der Waals surface area contributed by atoms with Crippen LogP contribution in [-0.4, -0.2) is 35.2 Å². The quantitative estimate of drug-likeness (QED) is 0.641. The van der Waals surface area contributed by atoms with Crippen LogP contribution in [0.15, 0.2) is 23.1 Å². The number of anilines is 1. The van der Waals surface area contributed by atoms with Gasteiger partial charge in [0.1, 0.15) is 4.90 Å². The maximum atomic E-state index is 12.3. The van der Waals surface area contributed by atoms with E-state index in [1.807, 2.05) is 0 Å². The molecule has 0 atom stereocenters. The van der Waals surface area contributed by atoms with Crippen molar-refractivity contribution in [1.29, 1.82) is 0 Å². The Hall–Kier alpha value is -1.16. The van der Waals surface area contributed by atoms with Crippen LogP contribution in [0.5, 0.6) is 0 Å². The Kier molecular flexibility index (Phi) is 5.04. The average molecular weight is 335 g/mol. The monoisotopic (exact) mass is 335 g/mol. The van der Waals surface area contributed by atoms with Crippen LogP contribution >= 0.6 is 0 Å². The highest BCUT2D eigenvalue weighted by Crippen LogP contribution is 2.22. The highest BCUT2D eigenvalue weighted by molar-refractivity contribution is 7.89. The van der Waals surface area contributed by atoms with Gasteiger partial charge in [-0.05, 0) is 32.4 Å². The molecule has 0 heterocycles. The first kappa shape index (κ1) is 17.9. The summed E-state index contributed by atoms with van der Waals surface area (Å²) >= 11 is 0. The van der Waals surface area contributed by atoms with E-state index in [9.17, 15) is 16.8 Å². The first-order valence-electron chi connectivity index (χ1n) is 6.18. The molecule has 0 aliphatic rings. The van der Waals surface area contributed by atoms with E-state index in [0.717, 1.165) is 6.26 Å². The lowest BCUT2D eigenvalue weighted by Crippen LogP contribution is -2.51. The summed E-state index contributed by atoms with van der Waals surface area (Å²) in [6.45, 7) is 4.70. The number of hydrogen-bond donors (Lipinski definition) is 3. The van der Waals surface area contributed by atoms with E-state index in [4.69, 9.17) is 5.73 Å². The average Bonchev–Trinajstić information content (AvgIpc) is 2.23. The number of nitrogens with two attached hydrogens (primary N) is 1. The minimum Gasteiger partial charge on any atom is -0.398 e. The topological polar surface area (TPSA) is 118 Å². The fourth-order valence-electron chi connectivity index (χ4n) is 1.93. The molecule has 0 spiro atoms. The lowest BCUT2D eigenvalue weighted by Gasteiger charge is -2.25. The number of nitrogen functional groups attached to an aromatic ring is 1. The molecule has 0 aliphatic heterocycles. The van der Waals surface area contributed by atoms with Crippen LogP contribution in [-0.2, 0) is 20.0 Å². The summed E-state index contributed by atoms with van der Waals surface area (Å²) in [4.78, 5) is 0.0140. The molecule has 1 aromatic rings. The number of rotatable bonds is 6. The van der Waals surface area contributed by atoms with E-state index in [1.165, 1.54) is 6.07 Å². The molecule has 0 radical (unpaired) electrons. The smallest absolute Gasteiger partial charge is 0.242 e. The summed E-state index contributed by atoms with van der Waals surface area (Å²) < 4.78 is 51.9. The molecule has 1 rings (SSSR count). The van der Waals surface area contributed by atoms with Gasteiger partial charge in [0.2, 0.25) is 20.0 Å². The molecule has 0 bridgehead atoms. The maximum absolute atomic E-state index is 12.3. The lowest BCUT2D eigenvalue weighted by atomic mass is 10.1. The van der Waals surface area contributed by atoms with Crippen LogP contribution in [0.2, 0.25) is 0 Å². The van der Waals surface area contributed by atoms with Gasteiger partial charge in [-0.1, -0.05) is 12.1 Å². The van der Waals surface area contributed by atoms with Gasteiger partial charge in [-0.2, -0.15) is 0 Å². The first-order valence-corrected chi connectivity index (χ1v) is 9.55. The van der Waals surface area contributed by atoms with E-state index in [0.29, 0.717) is 5.56 Å². The molecule has 4 N–H and O–H groups in total. The van der Waals surface area contributed by atoms with E-state index >= 15 is 0 Å². The minimum atomic E-state index is -3.82. The number of sulfonamides is 2. The zero-order valence-corrected chi connectivity index (χ0v) is 14.1. The van der Waals surface area contributed by atoms with Crippen molar-refractivity contribution in [2.75, 3.05) is 18.5 Å². The van der Waals surface area contributed by atoms with Gasteiger partial charge in [0, 0.05) is 12.1 Å². The third-order valence-corrected chi connectivity index (χ3v) is 5.22. The van der Waals surface area contributed by atoms with Crippen molar-refractivity contribution in [3.05, 3.63) is 23.8 Å². The Labute approximate surface area is 126 Å². The predicted molar refractivity (Wildman–Crippen MR) is 82.8 cm³/mol. The summed E-state index contributed by atoms with van der Waals surface area (Å²) in [5.41, 5.74) is 5.43. The molecule has 0 unspecified atom stereocenters. The van der Waals surface area contributed by atoms with Crippen LogP contribution in [0.25, 0.3) is 0 Å². The molecule has 0 fully saturated rings. The third kappa shape index (κ3) is 5.27. The Bertz CT molecular complexity index is 705. The number of nitrogens with one attached hydrogen (secondary N) is 2. The Balaban J connectivity index is 2.97. The van der Waals surface area contributed by atoms with Crippen LogP contribution in [0.1, 0.15) is 19.4 Å². The molecular weight excluding hydrogens is 314 g/mol. The van der Waals surface area contributed by atoms with Crippen LogP contribution < -0.4 is 15.2 Å². The standard InChI is InChI=1S/C12H21N3O4S2/c1-9-6-5-7-10(13)11(9)21(18,19)14-8-12(2,3)15-20(4,16)17/h5-7,14-15H,8,13H2,1-4H3. The lowest BCUT2D eigenvalue weighted by molar-refractivity contribution is 0.446. The van der Waals surface area contributed by atoms with E-state index in [2.05, 4.69) is 9.44 Å². The van der Waals surface area contributed by atoms with Crippen molar-refractivity contribution in [3.63, 3.8) is 0 Å². The molecule has 21 heavy (non-hydrogen) atoms. The zero-order chi connectivity index (χ0) is 16.5. The summed E-state index contributed by atoms with van der Waals surface area (Å²) in [7, 11) is -7.26. The fraction of sp³-hybridized carbons (Fsp3) is 0.500. The number of benzene rings is 1. The minimum absolute atomic E-state index is 0.0140. The van der Waals surface area contributed by atoms with E-state index in [1.54, 1.807) is 32.9 Å². The van der Waals surface area contributed by atoms with Crippen molar-refractivity contribution >= 4 is 25.7 Å². The molecular formula is C12H21N3O4S2. The second kappa shape index (κ2) is 5.91. The molecule has 0 aliphatic carbocycles. The summed E-state index contributed by atoms with van der Waals surface area (Å²) in [5, 5.41) is 0. The van der Waals surface area contributed by atoms with Gasteiger partial charge in [0.05, 0.1) is 11.9 Å². The fourth-order valence-corrected chi connectivity index (χ4v) is 4.57. The molecule has 7 nitrogen and oxygen atoms in total. The summed E-state index contributed by atoms with van der Waals surface area (Å²) in [5.74, 6) is 0. The van der Waals surface area contributed by atoms with Crippen molar-refractivity contribution in [2.24, 2.45) is 0 Å². The Morgan fingerprint density at radius 2 is 1.76 bits per heavy atom. The van der Waals surface area contributed by atoms with Crippen molar-refractivity contribution in [2.45, 2.75) is 31.2 Å². The molecule has 1 aromatic carbocycles. The second-order valence-corrected chi connectivity index (χ2v) is 9.03. The SMILES string of the molecule is Cc1cccc(N)c1S(=O)(=O)NCC(C)(C)NS(C)(=O)=O. The van der Waals surface area contributed by atoms with Gasteiger partial charge in [-0.3, -0.25) is 0 Å². The Morgan fingerprint density at radius 1 is 1.19 bits per heavy atom. The molecule has 0 amide bonds. The third-order valence-electron chi connectivity index (χ3n) is 2.68. The Morgan fingerprint density at radius 3 is 2.24 bits per heavy atom. The number of aryl methyl sites for hydroxylation is 1. The maximum Gasteiger partial charge on any atom is 0.242 e. The van der Waals surface area contributed by atoms with Crippen LogP contribution in [0.4, 0.5) is 5.69 Å². The molecule has 0 saturated heterocycles. The van der Waals surface area contributed by atoms with Gasteiger partial charge in [-0.25, -0.2) is 26.3 Å². The molecule has 120 valence electrons. The van der Waals surface area contributed by atoms with Gasteiger partial charge in [0.15, 0.2) is 0 Å². The number of hydrogen-bond acceptors (Lipinski definition) is 5. The first-order chi connectivity index (χ1) is 9.34. The second-order valence-electron chi connectivity index (χ2n) is 5.58. The highest BCUT2D eigenvalue weighted by Gasteiger charge is 2.26. The van der Waals surface area contributed by atoms with Crippen LogP contribution in [0, 0.1) is 6.92 Å². The molecule has 0 aromatic heterocycles. The van der Waals surface area contributed by atoms with Gasteiger partial charge in [0.25, 0.3) is 0 Å². The predicted octanol–water partition coefficient (Wildman–Crippen LogP) is 0.183. The molecule has 9 heteroatoms. The summed E-state index contributed by atoms with van der Waals surface area (Å²) in [6, 6.07) is 4.81. The van der Waals surface area contributed by atoms with E-state index < -0.39 is 25.6 Å². The van der Waals surface area contributed by atoms with Crippen molar-refractivity contribution in [3.8, 4) is 0 Å². The van der Waals surface area contributed by atoms with Crippen LogP contribution in [0.3, 0.4) is 0 Å². The highest BCUT2D eigenvalue weighted by atomic mass is 32.2. The van der Waals surface area contributed by atoms with Crippen molar-refractivity contribution in [1.82, 2.24) is 9.44 Å².